The molecule has 1 aromatic carbocycles. The molecule has 1 atom stereocenters. The van der Waals surface area contributed by atoms with Gasteiger partial charge in [0.05, 0.1) is 12.2 Å². The van der Waals surface area contributed by atoms with E-state index in [9.17, 15) is 9.50 Å². The summed E-state index contributed by atoms with van der Waals surface area (Å²) in [6.45, 7) is 7.39. The summed E-state index contributed by atoms with van der Waals surface area (Å²) in [5, 5.41) is 10.2. The minimum Gasteiger partial charge on any atom is -0.387 e. The third-order valence-electron chi connectivity index (χ3n) is 3.90. The molecule has 0 amide bonds. The minimum atomic E-state index is -0.765. The number of rotatable bonds is 6. The normalized spacial score (nSPS) is 19.1. The number of hydrogen-bond donors (Lipinski definition) is 1. The topological polar surface area (TPSA) is 32.7 Å². The Hall–Kier alpha value is -0.970. The van der Waals surface area contributed by atoms with Gasteiger partial charge in [0, 0.05) is 31.8 Å². The summed E-state index contributed by atoms with van der Waals surface area (Å²) in [7, 11) is 0. The van der Waals surface area contributed by atoms with E-state index in [-0.39, 0.29) is 5.82 Å². The standard InChI is InChI=1S/C17H26FNO2/c1-13(2)12-21-14-7-9-19(10-8-14)11-17(20)15-5-3-4-6-16(15)18/h3-6,13-14,17,20H,7-12H2,1-2H3. The summed E-state index contributed by atoms with van der Waals surface area (Å²) in [5.74, 6) is 0.228. The van der Waals surface area contributed by atoms with Gasteiger partial charge in [-0.3, -0.25) is 0 Å². The first-order chi connectivity index (χ1) is 10.1. The molecule has 1 heterocycles. The van der Waals surface area contributed by atoms with Crippen molar-refractivity contribution in [3.05, 3.63) is 35.6 Å². The molecule has 0 aliphatic carbocycles. The lowest BCUT2D eigenvalue weighted by atomic mass is 10.0. The molecule has 1 unspecified atom stereocenters. The number of hydrogen-bond acceptors (Lipinski definition) is 3. The Morgan fingerprint density at radius 2 is 1.95 bits per heavy atom. The van der Waals surface area contributed by atoms with Crippen LogP contribution in [-0.2, 0) is 4.74 Å². The molecule has 1 N–H and O–H groups in total. The van der Waals surface area contributed by atoms with Gasteiger partial charge < -0.3 is 14.7 Å². The molecule has 0 spiro atoms. The predicted molar refractivity (Wildman–Crippen MR) is 81.6 cm³/mol. The Balaban J connectivity index is 1.77. The Kier molecular flexibility index (Phi) is 6.15. The van der Waals surface area contributed by atoms with E-state index in [1.165, 1.54) is 6.07 Å². The summed E-state index contributed by atoms with van der Waals surface area (Å²) < 4.78 is 19.5. The van der Waals surface area contributed by atoms with E-state index >= 15 is 0 Å². The van der Waals surface area contributed by atoms with Crippen LogP contribution in [0, 0.1) is 11.7 Å². The summed E-state index contributed by atoms with van der Waals surface area (Å²) in [5.41, 5.74) is 0.385. The number of benzene rings is 1. The first-order valence-electron chi connectivity index (χ1n) is 7.82. The summed E-state index contributed by atoms with van der Waals surface area (Å²) in [6, 6.07) is 6.44. The molecule has 0 bridgehead atoms. The molecule has 3 nitrogen and oxygen atoms in total. The van der Waals surface area contributed by atoms with Crippen LogP contribution in [0.4, 0.5) is 4.39 Å². The molecule has 0 aromatic heterocycles. The van der Waals surface area contributed by atoms with Crippen molar-refractivity contribution in [3.8, 4) is 0 Å². The molecule has 0 radical (unpaired) electrons. The van der Waals surface area contributed by atoms with E-state index in [0.717, 1.165) is 32.5 Å². The minimum absolute atomic E-state index is 0.328. The Morgan fingerprint density at radius 3 is 2.57 bits per heavy atom. The third kappa shape index (κ3) is 5.06. The highest BCUT2D eigenvalue weighted by Gasteiger charge is 2.23. The SMILES string of the molecule is CC(C)COC1CCN(CC(O)c2ccccc2F)CC1. The second-order valence-electron chi connectivity index (χ2n) is 6.26. The van der Waals surface area contributed by atoms with E-state index in [1.807, 2.05) is 0 Å². The molecule has 1 aromatic rings. The smallest absolute Gasteiger partial charge is 0.129 e. The lowest BCUT2D eigenvalue weighted by Gasteiger charge is -2.33. The number of aliphatic hydroxyl groups is 1. The second-order valence-corrected chi connectivity index (χ2v) is 6.26. The first-order valence-corrected chi connectivity index (χ1v) is 7.82. The highest BCUT2D eigenvalue weighted by atomic mass is 19.1. The molecule has 4 heteroatoms. The molecular weight excluding hydrogens is 269 g/mol. The van der Waals surface area contributed by atoms with Crippen molar-refractivity contribution in [1.82, 2.24) is 4.90 Å². The number of piperidine rings is 1. The van der Waals surface area contributed by atoms with Crippen molar-refractivity contribution in [2.24, 2.45) is 5.92 Å². The molecular formula is C17H26FNO2. The third-order valence-corrected chi connectivity index (χ3v) is 3.90. The number of halogens is 1. The average molecular weight is 295 g/mol. The fourth-order valence-electron chi connectivity index (χ4n) is 2.68. The van der Waals surface area contributed by atoms with Crippen LogP contribution in [0.1, 0.15) is 38.4 Å². The van der Waals surface area contributed by atoms with Gasteiger partial charge in [0.15, 0.2) is 0 Å². The van der Waals surface area contributed by atoms with Crippen LogP contribution in [0.25, 0.3) is 0 Å². The summed E-state index contributed by atoms with van der Waals surface area (Å²) in [4.78, 5) is 2.19. The molecule has 21 heavy (non-hydrogen) atoms. The van der Waals surface area contributed by atoms with Crippen LogP contribution in [0.2, 0.25) is 0 Å². The summed E-state index contributed by atoms with van der Waals surface area (Å²) in [6.07, 6.45) is 1.53. The second kappa shape index (κ2) is 7.87. The fraction of sp³-hybridized carbons (Fsp3) is 0.647. The molecule has 0 saturated carbocycles. The highest BCUT2D eigenvalue weighted by molar-refractivity contribution is 5.20. The van der Waals surface area contributed by atoms with Crippen LogP contribution in [0.3, 0.4) is 0 Å². The Morgan fingerprint density at radius 1 is 1.29 bits per heavy atom. The molecule has 2 rings (SSSR count). The lowest BCUT2D eigenvalue weighted by molar-refractivity contribution is -0.0126. The zero-order valence-corrected chi connectivity index (χ0v) is 13.0. The van der Waals surface area contributed by atoms with Crippen LogP contribution in [0.15, 0.2) is 24.3 Å². The van der Waals surface area contributed by atoms with E-state index in [2.05, 4.69) is 18.7 Å². The molecule has 1 fully saturated rings. The zero-order chi connectivity index (χ0) is 15.2. The number of ether oxygens (including phenoxy) is 1. The predicted octanol–water partition coefficient (Wildman–Crippen LogP) is 3.00. The number of aliphatic hydroxyl groups excluding tert-OH is 1. The molecule has 1 saturated heterocycles. The van der Waals surface area contributed by atoms with Gasteiger partial charge in [0.1, 0.15) is 5.82 Å². The van der Waals surface area contributed by atoms with Crippen LogP contribution in [-0.4, -0.2) is 42.4 Å². The lowest BCUT2D eigenvalue weighted by Crippen LogP contribution is -2.39. The van der Waals surface area contributed by atoms with E-state index in [0.29, 0.717) is 24.1 Å². The van der Waals surface area contributed by atoms with Gasteiger partial charge in [-0.2, -0.15) is 0 Å². The molecule has 1 aliphatic rings. The highest BCUT2D eigenvalue weighted by Crippen LogP contribution is 2.21. The van der Waals surface area contributed by atoms with Crippen LogP contribution >= 0.6 is 0 Å². The average Bonchev–Trinajstić information content (AvgIpc) is 2.47. The van der Waals surface area contributed by atoms with Gasteiger partial charge in [-0.1, -0.05) is 32.0 Å². The maximum Gasteiger partial charge on any atom is 0.129 e. The van der Waals surface area contributed by atoms with Gasteiger partial charge in [-0.05, 0) is 24.8 Å². The number of likely N-dealkylation sites (tertiary alicyclic amines) is 1. The fourth-order valence-corrected chi connectivity index (χ4v) is 2.68. The van der Waals surface area contributed by atoms with Gasteiger partial charge in [-0.25, -0.2) is 4.39 Å². The van der Waals surface area contributed by atoms with Crippen LogP contribution in [0.5, 0.6) is 0 Å². The van der Waals surface area contributed by atoms with Crippen LogP contribution < -0.4 is 0 Å². The van der Waals surface area contributed by atoms with Gasteiger partial charge in [0.25, 0.3) is 0 Å². The maximum absolute atomic E-state index is 13.6. The van der Waals surface area contributed by atoms with Gasteiger partial charge in [-0.15, -0.1) is 0 Å². The van der Waals surface area contributed by atoms with Gasteiger partial charge >= 0.3 is 0 Å². The van der Waals surface area contributed by atoms with Crippen molar-refractivity contribution in [2.75, 3.05) is 26.2 Å². The van der Waals surface area contributed by atoms with Crippen molar-refractivity contribution in [3.63, 3.8) is 0 Å². The van der Waals surface area contributed by atoms with E-state index in [1.54, 1.807) is 18.2 Å². The van der Waals surface area contributed by atoms with E-state index < -0.39 is 6.10 Å². The first kappa shape index (κ1) is 16.4. The van der Waals surface area contributed by atoms with Crippen molar-refractivity contribution < 1.29 is 14.2 Å². The Labute approximate surface area is 126 Å². The van der Waals surface area contributed by atoms with E-state index in [4.69, 9.17) is 4.74 Å². The quantitative estimate of drug-likeness (QED) is 0.875. The van der Waals surface area contributed by atoms with Crippen molar-refractivity contribution >= 4 is 0 Å². The van der Waals surface area contributed by atoms with Gasteiger partial charge in [0.2, 0.25) is 0 Å². The maximum atomic E-state index is 13.6. The molecule has 118 valence electrons. The largest absolute Gasteiger partial charge is 0.387 e. The molecule has 1 aliphatic heterocycles. The zero-order valence-electron chi connectivity index (χ0n) is 13.0. The van der Waals surface area contributed by atoms with Crippen molar-refractivity contribution in [2.45, 2.75) is 38.9 Å². The monoisotopic (exact) mass is 295 g/mol. The number of β-amino-alcohol motifs (C(OH)–C–C–N with tert-alkyl or cyclic N) is 1. The number of nitrogens with zero attached hydrogens (tertiary/aromatic N) is 1. The Bertz CT molecular complexity index is 431. The summed E-state index contributed by atoms with van der Waals surface area (Å²) >= 11 is 0. The van der Waals surface area contributed by atoms with Crippen molar-refractivity contribution in [1.29, 1.82) is 0 Å².